The molecule has 0 bridgehead atoms. The molecular weight excluding hydrogens is 314 g/mol. The molecule has 1 rings (SSSR count). The first-order valence-corrected chi connectivity index (χ1v) is 8.86. The third-order valence-electron chi connectivity index (χ3n) is 2.87. The number of aliphatic hydroxyl groups is 1. The lowest BCUT2D eigenvalue weighted by molar-refractivity contribution is 0.0436. The van der Waals surface area contributed by atoms with Crippen LogP contribution >= 0.6 is 11.3 Å². The monoisotopic (exact) mass is 335 g/mol. The average Bonchev–Trinajstić information content (AvgIpc) is 2.68. The molecule has 0 spiro atoms. The van der Waals surface area contributed by atoms with E-state index >= 15 is 0 Å². The number of sulfonamides is 1. The summed E-state index contributed by atoms with van der Waals surface area (Å²) in [5.41, 5.74) is -0.803. The predicted molar refractivity (Wildman–Crippen MR) is 81.3 cm³/mol. The number of carboxylic acids is 1. The van der Waals surface area contributed by atoms with Crippen LogP contribution in [0.25, 0.3) is 0 Å². The van der Waals surface area contributed by atoms with Gasteiger partial charge in [0.2, 0.25) is 10.0 Å². The smallest absolute Gasteiger partial charge is 0.347 e. The Morgan fingerprint density at radius 2 is 2.05 bits per heavy atom. The Bertz CT molecular complexity index is 617. The maximum Gasteiger partial charge on any atom is 0.347 e. The third kappa shape index (κ3) is 4.77. The molecule has 3 N–H and O–H groups in total. The van der Waals surface area contributed by atoms with Gasteiger partial charge in [0.05, 0.1) is 5.60 Å². The fraction of sp³-hybridized carbons (Fsp3) is 0.615. The highest BCUT2D eigenvalue weighted by atomic mass is 32.2. The van der Waals surface area contributed by atoms with Gasteiger partial charge >= 0.3 is 5.97 Å². The summed E-state index contributed by atoms with van der Waals surface area (Å²) in [7, 11) is -3.97. The summed E-state index contributed by atoms with van der Waals surface area (Å²) in [6, 6.07) is 0. The van der Waals surface area contributed by atoms with Crippen molar-refractivity contribution in [3.63, 3.8) is 0 Å². The minimum Gasteiger partial charge on any atom is -0.477 e. The van der Waals surface area contributed by atoms with Crippen LogP contribution < -0.4 is 4.72 Å². The van der Waals surface area contributed by atoms with Crippen molar-refractivity contribution < 1.29 is 23.4 Å². The number of aryl methyl sites for hydroxylation is 1. The fourth-order valence-corrected chi connectivity index (χ4v) is 4.98. The van der Waals surface area contributed by atoms with Gasteiger partial charge in [-0.05, 0) is 37.1 Å². The van der Waals surface area contributed by atoms with Gasteiger partial charge in [-0.3, -0.25) is 0 Å². The van der Waals surface area contributed by atoms with Crippen molar-refractivity contribution in [3.05, 3.63) is 15.8 Å². The van der Waals surface area contributed by atoms with E-state index in [0.29, 0.717) is 12.0 Å². The minimum atomic E-state index is -3.97. The van der Waals surface area contributed by atoms with Crippen LogP contribution in [0.5, 0.6) is 0 Å². The molecule has 0 fully saturated rings. The Morgan fingerprint density at radius 3 is 2.52 bits per heavy atom. The molecule has 0 aliphatic carbocycles. The Balaban J connectivity index is 2.98. The maximum atomic E-state index is 12.3. The van der Waals surface area contributed by atoms with Crippen LogP contribution in [0.15, 0.2) is 10.3 Å². The number of carboxylic acid groups (broad SMARTS) is 1. The van der Waals surface area contributed by atoms with E-state index in [1.807, 2.05) is 13.8 Å². The second kappa shape index (κ2) is 6.43. The molecule has 0 aliphatic rings. The summed E-state index contributed by atoms with van der Waals surface area (Å²) >= 11 is 0.874. The maximum absolute atomic E-state index is 12.3. The number of carbonyl (C=O) groups is 1. The Hall–Kier alpha value is -0.960. The topological polar surface area (TPSA) is 104 Å². The van der Waals surface area contributed by atoms with Gasteiger partial charge in [0.15, 0.2) is 0 Å². The summed E-state index contributed by atoms with van der Waals surface area (Å²) in [5.74, 6) is -1.07. The summed E-state index contributed by atoms with van der Waals surface area (Å²) in [4.78, 5) is 10.7. The molecule has 1 atom stereocenters. The quantitative estimate of drug-likeness (QED) is 0.705. The Morgan fingerprint density at radius 1 is 1.48 bits per heavy atom. The van der Waals surface area contributed by atoms with E-state index < -0.39 is 21.6 Å². The molecule has 6 nitrogen and oxygen atoms in total. The first-order valence-electron chi connectivity index (χ1n) is 6.50. The zero-order valence-corrected chi connectivity index (χ0v) is 14.1. The lowest BCUT2D eigenvalue weighted by Gasteiger charge is -2.25. The van der Waals surface area contributed by atoms with Crippen molar-refractivity contribution in [2.45, 2.75) is 44.6 Å². The van der Waals surface area contributed by atoms with E-state index in [9.17, 15) is 18.3 Å². The fourth-order valence-electron chi connectivity index (χ4n) is 2.19. The molecule has 1 aromatic heterocycles. The van der Waals surface area contributed by atoms with Gasteiger partial charge in [-0.1, -0.05) is 13.8 Å². The van der Waals surface area contributed by atoms with E-state index in [1.165, 1.54) is 5.38 Å². The zero-order valence-electron chi connectivity index (χ0n) is 12.5. The molecular formula is C13H21NO5S2. The highest BCUT2D eigenvalue weighted by Gasteiger charge is 2.30. The number of hydrogen-bond acceptors (Lipinski definition) is 5. The molecule has 1 unspecified atom stereocenters. The molecule has 0 saturated heterocycles. The highest BCUT2D eigenvalue weighted by Crippen LogP contribution is 2.27. The summed E-state index contributed by atoms with van der Waals surface area (Å²) < 4.78 is 26.9. The summed E-state index contributed by atoms with van der Waals surface area (Å²) in [6.07, 6.45) is 0.434. The Labute approximate surface area is 128 Å². The third-order valence-corrected chi connectivity index (χ3v) is 5.67. The van der Waals surface area contributed by atoms with Crippen molar-refractivity contribution in [1.29, 1.82) is 0 Å². The van der Waals surface area contributed by atoms with Crippen molar-refractivity contribution in [1.82, 2.24) is 4.72 Å². The first-order chi connectivity index (χ1) is 9.46. The first kappa shape index (κ1) is 18.1. The van der Waals surface area contributed by atoms with Crippen molar-refractivity contribution in [2.75, 3.05) is 6.54 Å². The van der Waals surface area contributed by atoms with Gasteiger partial charge in [0.25, 0.3) is 0 Å². The lowest BCUT2D eigenvalue weighted by atomic mass is 9.95. The molecule has 0 saturated carbocycles. The zero-order chi connectivity index (χ0) is 16.4. The van der Waals surface area contributed by atoms with Crippen LogP contribution in [-0.2, 0) is 10.0 Å². The van der Waals surface area contributed by atoms with Crippen LogP contribution in [0.1, 0.15) is 42.4 Å². The molecule has 21 heavy (non-hydrogen) atoms. The van der Waals surface area contributed by atoms with Gasteiger partial charge < -0.3 is 10.2 Å². The molecule has 0 aliphatic heterocycles. The van der Waals surface area contributed by atoms with Crippen LogP contribution in [0.2, 0.25) is 0 Å². The second-order valence-electron chi connectivity index (χ2n) is 5.80. The summed E-state index contributed by atoms with van der Waals surface area (Å²) in [5, 5.41) is 20.7. The molecule has 120 valence electrons. The standard InChI is InChI=1S/C13H21NO5S2/c1-8(2)5-13(4,17)7-14-21(18,19)11-9(3)6-20-10(11)12(15)16/h6,8,14,17H,5,7H2,1-4H3,(H,15,16). The van der Waals surface area contributed by atoms with E-state index in [2.05, 4.69) is 4.72 Å². The molecule has 1 heterocycles. The van der Waals surface area contributed by atoms with Crippen molar-refractivity contribution >= 4 is 27.3 Å². The number of thiophene rings is 1. The predicted octanol–water partition coefficient (Wildman–Crippen LogP) is 1.83. The van der Waals surface area contributed by atoms with Gasteiger partial charge in [-0.15, -0.1) is 11.3 Å². The SMILES string of the molecule is Cc1csc(C(=O)O)c1S(=O)(=O)NCC(C)(O)CC(C)C. The van der Waals surface area contributed by atoms with Crippen molar-refractivity contribution in [2.24, 2.45) is 5.92 Å². The number of nitrogens with one attached hydrogen (secondary N) is 1. The molecule has 0 aromatic carbocycles. The molecule has 0 amide bonds. The van der Waals surface area contributed by atoms with Crippen LogP contribution in [0, 0.1) is 12.8 Å². The van der Waals surface area contributed by atoms with Gasteiger partial charge in [0.1, 0.15) is 9.77 Å². The molecule has 1 aromatic rings. The van der Waals surface area contributed by atoms with E-state index in [0.717, 1.165) is 11.3 Å². The van der Waals surface area contributed by atoms with Gasteiger partial charge in [-0.2, -0.15) is 0 Å². The van der Waals surface area contributed by atoms with E-state index in [4.69, 9.17) is 5.11 Å². The normalized spacial score (nSPS) is 15.1. The molecule has 0 radical (unpaired) electrons. The van der Waals surface area contributed by atoms with Crippen molar-refractivity contribution in [3.8, 4) is 0 Å². The lowest BCUT2D eigenvalue weighted by Crippen LogP contribution is -2.41. The Kier molecular flexibility index (Phi) is 5.54. The summed E-state index contributed by atoms with van der Waals surface area (Å²) in [6.45, 7) is 6.78. The van der Waals surface area contributed by atoms with Crippen LogP contribution in [0.4, 0.5) is 0 Å². The van der Waals surface area contributed by atoms with Gasteiger partial charge in [-0.25, -0.2) is 17.9 Å². The molecule has 8 heteroatoms. The van der Waals surface area contributed by atoms with E-state index in [-0.39, 0.29) is 22.2 Å². The minimum absolute atomic E-state index is 0.165. The largest absolute Gasteiger partial charge is 0.477 e. The average molecular weight is 335 g/mol. The second-order valence-corrected chi connectivity index (χ2v) is 8.39. The van der Waals surface area contributed by atoms with Crippen LogP contribution in [0.3, 0.4) is 0 Å². The van der Waals surface area contributed by atoms with E-state index in [1.54, 1.807) is 13.8 Å². The van der Waals surface area contributed by atoms with Gasteiger partial charge in [0, 0.05) is 6.54 Å². The van der Waals surface area contributed by atoms with Crippen LogP contribution in [-0.4, -0.2) is 36.7 Å². The number of aromatic carboxylic acids is 1. The highest BCUT2D eigenvalue weighted by molar-refractivity contribution is 7.89. The number of hydrogen-bond donors (Lipinski definition) is 3. The number of rotatable bonds is 7.